The van der Waals surface area contributed by atoms with E-state index in [1.807, 2.05) is 76.2 Å². The van der Waals surface area contributed by atoms with Gasteiger partial charge in [-0.25, -0.2) is 9.79 Å². The number of carbonyl (C=O) groups excluding carboxylic acids is 1. The second kappa shape index (κ2) is 11.2. The molecule has 1 aliphatic heterocycles. The molecule has 0 fully saturated rings. The number of hydrogen-bond donors (Lipinski definition) is 0. The summed E-state index contributed by atoms with van der Waals surface area (Å²) >= 11 is 1.29. The van der Waals surface area contributed by atoms with Crippen LogP contribution >= 0.6 is 11.3 Å². The highest BCUT2D eigenvalue weighted by atomic mass is 32.1. The van der Waals surface area contributed by atoms with E-state index in [0.717, 1.165) is 16.7 Å². The highest BCUT2D eigenvalue weighted by molar-refractivity contribution is 7.07. The molecule has 2 heterocycles. The van der Waals surface area contributed by atoms with Crippen molar-refractivity contribution in [2.75, 3.05) is 13.2 Å². The lowest BCUT2D eigenvalue weighted by Crippen LogP contribution is -2.39. The number of allylic oxidation sites excluding steroid dienone is 1. The Morgan fingerprint density at radius 3 is 2.46 bits per heavy atom. The zero-order valence-electron chi connectivity index (χ0n) is 22.0. The van der Waals surface area contributed by atoms with Crippen LogP contribution < -0.4 is 24.4 Å². The summed E-state index contributed by atoms with van der Waals surface area (Å²) in [5, 5.41) is 0. The Kier molecular flexibility index (Phi) is 7.97. The van der Waals surface area contributed by atoms with Crippen LogP contribution in [0, 0.1) is 6.92 Å². The first kappa shape index (κ1) is 26.4. The van der Waals surface area contributed by atoms with Crippen LogP contribution in [0.3, 0.4) is 0 Å². The van der Waals surface area contributed by atoms with Crippen LogP contribution in [0.15, 0.2) is 63.5 Å². The highest BCUT2D eigenvalue weighted by Crippen LogP contribution is 2.31. The van der Waals surface area contributed by atoms with E-state index in [1.54, 1.807) is 18.4 Å². The van der Waals surface area contributed by atoms with Crippen LogP contribution in [0.2, 0.25) is 0 Å². The molecule has 8 heteroatoms. The molecule has 0 bridgehead atoms. The number of rotatable bonds is 8. The third-order valence-electron chi connectivity index (χ3n) is 5.84. The molecule has 37 heavy (non-hydrogen) atoms. The van der Waals surface area contributed by atoms with Crippen LogP contribution in [0.5, 0.6) is 11.5 Å². The molecule has 0 aliphatic carbocycles. The van der Waals surface area contributed by atoms with E-state index in [4.69, 9.17) is 14.2 Å². The van der Waals surface area contributed by atoms with Gasteiger partial charge >= 0.3 is 5.97 Å². The molecular formula is C29H32N2O5S. The normalized spacial score (nSPS) is 15.4. The standard InChI is InChI=1S/C29H32N2O5S/c1-7-34-23-15-20(11-14-22(23)36-17(3)4)16-24-27(32)31-26(21-12-9-18(5)10-13-21)25(28(33)35-8-2)19(6)30-29(31)37-24/h9-17,26H,7-8H2,1-6H3/b24-16-/t26-/m0/s1. The van der Waals surface area contributed by atoms with Crippen LogP contribution in [0.1, 0.15) is 57.4 Å². The number of benzene rings is 2. The Hall–Kier alpha value is -3.65. The second-order valence-electron chi connectivity index (χ2n) is 9.02. The highest BCUT2D eigenvalue weighted by Gasteiger charge is 2.33. The van der Waals surface area contributed by atoms with Gasteiger partial charge in [0.2, 0.25) is 0 Å². The van der Waals surface area contributed by atoms with Gasteiger partial charge in [0.05, 0.1) is 41.2 Å². The van der Waals surface area contributed by atoms with Gasteiger partial charge in [-0.05, 0) is 70.9 Å². The van der Waals surface area contributed by atoms with E-state index < -0.39 is 12.0 Å². The number of carbonyl (C=O) groups is 1. The zero-order chi connectivity index (χ0) is 26.7. The summed E-state index contributed by atoms with van der Waals surface area (Å²) in [6, 6.07) is 12.8. The van der Waals surface area contributed by atoms with E-state index in [9.17, 15) is 9.59 Å². The maximum absolute atomic E-state index is 13.8. The number of esters is 1. The minimum absolute atomic E-state index is 0.00681. The van der Waals surface area contributed by atoms with Gasteiger partial charge in [-0.1, -0.05) is 47.2 Å². The minimum atomic E-state index is -0.626. The summed E-state index contributed by atoms with van der Waals surface area (Å²) in [6.07, 6.45) is 1.83. The lowest BCUT2D eigenvalue weighted by atomic mass is 9.95. The van der Waals surface area contributed by atoms with Gasteiger partial charge in [0, 0.05) is 0 Å². The molecular weight excluding hydrogens is 488 g/mol. The summed E-state index contributed by atoms with van der Waals surface area (Å²) in [6.45, 7) is 12.1. The Balaban J connectivity index is 1.87. The summed E-state index contributed by atoms with van der Waals surface area (Å²) in [5.41, 5.74) is 3.42. The Morgan fingerprint density at radius 2 is 1.81 bits per heavy atom. The van der Waals surface area contributed by atoms with E-state index in [0.29, 0.717) is 38.7 Å². The van der Waals surface area contributed by atoms with Crippen molar-refractivity contribution < 1.29 is 19.0 Å². The van der Waals surface area contributed by atoms with Crippen molar-refractivity contribution in [2.24, 2.45) is 4.99 Å². The summed E-state index contributed by atoms with van der Waals surface area (Å²) < 4.78 is 19.1. The van der Waals surface area contributed by atoms with Gasteiger partial charge < -0.3 is 14.2 Å². The number of fused-ring (bicyclic) bond motifs is 1. The average Bonchev–Trinajstić information content (AvgIpc) is 3.14. The van der Waals surface area contributed by atoms with Crippen molar-refractivity contribution in [2.45, 2.75) is 53.7 Å². The van der Waals surface area contributed by atoms with Gasteiger partial charge in [0.25, 0.3) is 5.56 Å². The molecule has 194 valence electrons. The third kappa shape index (κ3) is 5.54. The largest absolute Gasteiger partial charge is 0.490 e. The van der Waals surface area contributed by atoms with Gasteiger partial charge in [0.1, 0.15) is 0 Å². The van der Waals surface area contributed by atoms with E-state index in [2.05, 4.69) is 4.99 Å². The molecule has 3 aromatic rings. The molecule has 0 saturated carbocycles. The molecule has 0 spiro atoms. The minimum Gasteiger partial charge on any atom is -0.490 e. The predicted octanol–water partition coefficient (Wildman–Crippen LogP) is 4.29. The van der Waals surface area contributed by atoms with Crippen molar-refractivity contribution in [1.82, 2.24) is 4.57 Å². The SMILES string of the molecule is CCOC(=O)C1=C(C)N=c2s/c(=C\c3ccc(OC(C)C)c(OCC)c3)c(=O)n2[C@H]1c1ccc(C)cc1. The first-order valence-electron chi connectivity index (χ1n) is 12.4. The first-order chi connectivity index (χ1) is 17.7. The lowest BCUT2D eigenvalue weighted by molar-refractivity contribution is -0.139. The molecule has 0 saturated heterocycles. The number of thiazole rings is 1. The Labute approximate surface area is 220 Å². The van der Waals surface area contributed by atoms with E-state index >= 15 is 0 Å². The monoisotopic (exact) mass is 520 g/mol. The number of aryl methyl sites for hydroxylation is 1. The number of nitrogens with zero attached hydrogens (tertiary/aromatic N) is 2. The quantitative estimate of drug-likeness (QED) is 0.414. The molecule has 1 aromatic heterocycles. The molecule has 1 atom stereocenters. The molecule has 1 aliphatic rings. The topological polar surface area (TPSA) is 79.1 Å². The maximum atomic E-state index is 13.8. The average molecular weight is 521 g/mol. The first-order valence-corrected chi connectivity index (χ1v) is 13.2. The second-order valence-corrected chi connectivity index (χ2v) is 10.0. The van der Waals surface area contributed by atoms with Gasteiger partial charge in [-0.15, -0.1) is 0 Å². The molecule has 2 aromatic carbocycles. The van der Waals surface area contributed by atoms with Crippen molar-refractivity contribution >= 4 is 23.4 Å². The number of hydrogen-bond acceptors (Lipinski definition) is 7. The molecule has 0 N–H and O–H groups in total. The van der Waals surface area contributed by atoms with Gasteiger partial charge in [0.15, 0.2) is 16.3 Å². The lowest BCUT2D eigenvalue weighted by Gasteiger charge is -2.24. The summed E-state index contributed by atoms with van der Waals surface area (Å²) in [7, 11) is 0. The predicted molar refractivity (Wildman–Crippen MR) is 145 cm³/mol. The van der Waals surface area contributed by atoms with Gasteiger partial charge in [-0.2, -0.15) is 0 Å². The van der Waals surface area contributed by atoms with E-state index in [-0.39, 0.29) is 18.3 Å². The molecule has 0 amide bonds. The fourth-order valence-corrected chi connectivity index (χ4v) is 5.29. The van der Waals surface area contributed by atoms with Crippen LogP contribution in [-0.4, -0.2) is 29.9 Å². The maximum Gasteiger partial charge on any atom is 0.338 e. The summed E-state index contributed by atoms with van der Waals surface area (Å²) in [5.74, 6) is 0.811. The number of aromatic nitrogens is 1. The van der Waals surface area contributed by atoms with Crippen molar-refractivity contribution in [3.63, 3.8) is 0 Å². The Bertz CT molecular complexity index is 1510. The van der Waals surface area contributed by atoms with Crippen molar-refractivity contribution in [1.29, 1.82) is 0 Å². The number of ether oxygens (including phenoxy) is 3. The van der Waals surface area contributed by atoms with E-state index in [1.165, 1.54) is 11.3 Å². The van der Waals surface area contributed by atoms with Crippen LogP contribution in [0.25, 0.3) is 6.08 Å². The van der Waals surface area contributed by atoms with Crippen molar-refractivity contribution in [3.05, 3.63) is 90.1 Å². The molecule has 0 unspecified atom stereocenters. The Morgan fingerprint density at radius 1 is 1.08 bits per heavy atom. The summed E-state index contributed by atoms with van der Waals surface area (Å²) in [4.78, 5) is 32.0. The smallest absolute Gasteiger partial charge is 0.338 e. The van der Waals surface area contributed by atoms with Crippen LogP contribution in [-0.2, 0) is 9.53 Å². The zero-order valence-corrected chi connectivity index (χ0v) is 22.8. The van der Waals surface area contributed by atoms with Gasteiger partial charge in [-0.3, -0.25) is 9.36 Å². The third-order valence-corrected chi connectivity index (χ3v) is 6.82. The van der Waals surface area contributed by atoms with Crippen molar-refractivity contribution in [3.8, 4) is 11.5 Å². The molecule has 4 rings (SSSR count). The fourth-order valence-electron chi connectivity index (χ4n) is 4.24. The molecule has 7 nitrogen and oxygen atoms in total. The van der Waals surface area contributed by atoms with Crippen LogP contribution in [0.4, 0.5) is 0 Å². The fraction of sp³-hybridized carbons (Fsp3) is 0.345. The molecule has 0 radical (unpaired) electrons.